The third kappa shape index (κ3) is 3.46. The molecule has 5 nitrogen and oxygen atoms in total. The van der Waals surface area contributed by atoms with Crippen molar-refractivity contribution in [3.63, 3.8) is 0 Å². The smallest absolute Gasteiger partial charge is 0.229 e. The fraction of sp³-hybridized carbons (Fsp3) is 0.200. The third-order valence-electron chi connectivity index (χ3n) is 4.25. The first-order valence-electron chi connectivity index (χ1n) is 8.30. The SMILES string of the molecule is O=C(Nc1ccc(Oc2cccc3cccnc23)cc1)[C@@H]1CCOC1. The van der Waals surface area contributed by atoms with Crippen molar-refractivity contribution in [1.29, 1.82) is 0 Å². The molecule has 0 saturated carbocycles. The van der Waals surface area contributed by atoms with Gasteiger partial charge in [0.1, 0.15) is 11.3 Å². The van der Waals surface area contributed by atoms with Crippen molar-refractivity contribution in [3.8, 4) is 11.5 Å². The van der Waals surface area contributed by atoms with Crippen LogP contribution in [0.1, 0.15) is 6.42 Å². The minimum atomic E-state index is -0.0577. The summed E-state index contributed by atoms with van der Waals surface area (Å²) in [5.74, 6) is 1.35. The molecule has 3 aromatic rings. The highest BCUT2D eigenvalue weighted by atomic mass is 16.5. The highest BCUT2D eigenvalue weighted by molar-refractivity contribution is 5.92. The number of nitrogens with one attached hydrogen (secondary N) is 1. The minimum Gasteiger partial charge on any atom is -0.455 e. The fourth-order valence-corrected chi connectivity index (χ4v) is 2.88. The Morgan fingerprint density at radius 1 is 1.12 bits per heavy atom. The number of rotatable bonds is 4. The molecule has 2 aromatic carbocycles. The van der Waals surface area contributed by atoms with Crippen LogP contribution in [0.3, 0.4) is 0 Å². The molecule has 1 N–H and O–H groups in total. The molecule has 0 bridgehead atoms. The quantitative estimate of drug-likeness (QED) is 0.783. The van der Waals surface area contributed by atoms with Crippen LogP contribution >= 0.6 is 0 Å². The van der Waals surface area contributed by atoms with Gasteiger partial charge in [-0.3, -0.25) is 9.78 Å². The molecule has 1 aliphatic rings. The Kier molecular flexibility index (Phi) is 4.31. The monoisotopic (exact) mass is 334 g/mol. The van der Waals surface area contributed by atoms with Crippen LogP contribution in [0.4, 0.5) is 5.69 Å². The van der Waals surface area contributed by atoms with Crippen LogP contribution in [0.15, 0.2) is 60.8 Å². The maximum atomic E-state index is 12.1. The molecule has 1 saturated heterocycles. The molecule has 5 heteroatoms. The summed E-state index contributed by atoms with van der Waals surface area (Å²) >= 11 is 0. The van der Waals surface area contributed by atoms with E-state index in [-0.39, 0.29) is 11.8 Å². The van der Waals surface area contributed by atoms with Gasteiger partial charge in [-0.25, -0.2) is 0 Å². The topological polar surface area (TPSA) is 60.5 Å². The molecule has 0 unspecified atom stereocenters. The second-order valence-corrected chi connectivity index (χ2v) is 6.01. The Morgan fingerprint density at radius 2 is 1.96 bits per heavy atom. The first kappa shape index (κ1) is 15.6. The highest BCUT2D eigenvalue weighted by Gasteiger charge is 2.23. The Morgan fingerprint density at radius 3 is 2.76 bits per heavy atom. The summed E-state index contributed by atoms with van der Waals surface area (Å²) < 4.78 is 11.2. The first-order chi connectivity index (χ1) is 12.3. The maximum absolute atomic E-state index is 12.1. The van der Waals surface area contributed by atoms with Crippen LogP contribution in [0.5, 0.6) is 11.5 Å². The summed E-state index contributed by atoms with van der Waals surface area (Å²) in [4.78, 5) is 16.5. The number of carbonyl (C=O) groups excluding carboxylic acids is 1. The molecule has 1 aromatic heterocycles. The van der Waals surface area contributed by atoms with E-state index in [2.05, 4.69) is 10.3 Å². The number of nitrogens with zero attached hydrogens (tertiary/aromatic N) is 1. The van der Waals surface area contributed by atoms with E-state index in [0.717, 1.165) is 23.0 Å². The van der Waals surface area contributed by atoms with E-state index in [0.29, 0.717) is 24.7 Å². The zero-order valence-electron chi connectivity index (χ0n) is 13.6. The number of para-hydroxylation sites is 1. The van der Waals surface area contributed by atoms with Crippen LogP contribution in [-0.4, -0.2) is 24.1 Å². The number of pyridine rings is 1. The molecule has 2 heterocycles. The van der Waals surface area contributed by atoms with Gasteiger partial charge in [-0.15, -0.1) is 0 Å². The van der Waals surface area contributed by atoms with Gasteiger partial charge in [0, 0.05) is 23.9 Å². The molecule has 126 valence electrons. The molecule has 1 aliphatic heterocycles. The number of hydrogen-bond donors (Lipinski definition) is 1. The molecule has 1 amide bonds. The molecule has 1 atom stereocenters. The Balaban J connectivity index is 1.47. The lowest BCUT2D eigenvalue weighted by molar-refractivity contribution is -0.119. The second kappa shape index (κ2) is 6.91. The molecular weight excluding hydrogens is 316 g/mol. The van der Waals surface area contributed by atoms with Crippen molar-refractivity contribution in [2.24, 2.45) is 5.92 Å². The largest absolute Gasteiger partial charge is 0.455 e. The molecule has 0 aliphatic carbocycles. The zero-order chi connectivity index (χ0) is 17.1. The summed E-state index contributed by atoms with van der Waals surface area (Å²) in [6, 6.07) is 17.1. The van der Waals surface area contributed by atoms with E-state index in [9.17, 15) is 4.79 Å². The van der Waals surface area contributed by atoms with Crippen molar-refractivity contribution in [2.75, 3.05) is 18.5 Å². The van der Waals surface area contributed by atoms with E-state index in [1.54, 1.807) is 6.20 Å². The van der Waals surface area contributed by atoms with Crippen LogP contribution in [-0.2, 0) is 9.53 Å². The van der Waals surface area contributed by atoms with E-state index in [1.165, 1.54) is 0 Å². The molecular formula is C20H18N2O3. The van der Waals surface area contributed by atoms with E-state index >= 15 is 0 Å². The van der Waals surface area contributed by atoms with Crippen molar-refractivity contribution in [2.45, 2.75) is 6.42 Å². The first-order valence-corrected chi connectivity index (χ1v) is 8.30. The van der Waals surface area contributed by atoms with Crippen molar-refractivity contribution < 1.29 is 14.3 Å². The second-order valence-electron chi connectivity index (χ2n) is 6.01. The lowest BCUT2D eigenvalue weighted by Gasteiger charge is -2.11. The van der Waals surface area contributed by atoms with E-state index in [4.69, 9.17) is 9.47 Å². The van der Waals surface area contributed by atoms with Gasteiger partial charge in [-0.05, 0) is 42.8 Å². The van der Waals surface area contributed by atoms with Gasteiger partial charge >= 0.3 is 0 Å². The number of amides is 1. The van der Waals surface area contributed by atoms with Gasteiger partial charge < -0.3 is 14.8 Å². The number of hydrogen-bond acceptors (Lipinski definition) is 4. The number of ether oxygens (including phenoxy) is 2. The average molecular weight is 334 g/mol. The normalized spacial score (nSPS) is 16.7. The lowest BCUT2D eigenvalue weighted by atomic mass is 10.1. The van der Waals surface area contributed by atoms with Gasteiger partial charge in [0.25, 0.3) is 0 Å². The predicted octanol–water partition coefficient (Wildman–Crippen LogP) is 4.00. The maximum Gasteiger partial charge on any atom is 0.229 e. The summed E-state index contributed by atoms with van der Waals surface area (Å²) in [6.45, 7) is 1.16. The Bertz CT molecular complexity index is 882. The molecule has 25 heavy (non-hydrogen) atoms. The predicted molar refractivity (Wildman–Crippen MR) is 95.8 cm³/mol. The van der Waals surface area contributed by atoms with Gasteiger partial charge in [0.2, 0.25) is 5.91 Å². The van der Waals surface area contributed by atoms with Crippen LogP contribution < -0.4 is 10.1 Å². The standard InChI is InChI=1S/C20H18N2O3/c23-20(15-10-12-24-13-15)22-16-6-8-17(9-7-16)25-18-5-1-3-14-4-2-11-21-19(14)18/h1-9,11,15H,10,12-13H2,(H,22,23)/t15-/m1/s1. The lowest BCUT2D eigenvalue weighted by Crippen LogP contribution is -2.22. The zero-order valence-corrected chi connectivity index (χ0v) is 13.6. The van der Waals surface area contributed by atoms with Crippen molar-refractivity contribution in [3.05, 3.63) is 60.8 Å². The van der Waals surface area contributed by atoms with Crippen LogP contribution in [0, 0.1) is 5.92 Å². The van der Waals surface area contributed by atoms with Crippen LogP contribution in [0.2, 0.25) is 0 Å². The molecule has 1 fully saturated rings. The number of fused-ring (bicyclic) bond motifs is 1. The molecule has 4 rings (SSSR count). The van der Waals surface area contributed by atoms with Crippen molar-refractivity contribution in [1.82, 2.24) is 4.98 Å². The van der Waals surface area contributed by atoms with Gasteiger partial charge in [0.05, 0.1) is 12.5 Å². The average Bonchev–Trinajstić information content (AvgIpc) is 3.19. The Hall–Kier alpha value is -2.92. The third-order valence-corrected chi connectivity index (χ3v) is 4.25. The van der Waals surface area contributed by atoms with E-state index in [1.807, 2.05) is 54.6 Å². The van der Waals surface area contributed by atoms with Gasteiger partial charge in [-0.1, -0.05) is 18.2 Å². The number of carbonyl (C=O) groups is 1. The van der Waals surface area contributed by atoms with Gasteiger partial charge in [-0.2, -0.15) is 0 Å². The summed E-state index contributed by atoms with van der Waals surface area (Å²) in [7, 11) is 0. The summed E-state index contributed by atoms with van der Waals surface area (Å²) in [5.41, 5.74) is 1.57. The Labute approximate surface area is 145 Å². The fourth-order valence-electron chi connectivity index (χ4n) is 2.88. The van der Waals surface area contributed by atoms with E-state index < -0.39 is 0 Å². The van der Waals surface area contributed by atoms with Gasteiger partial charge in [0.15, 0.2) is 5.75 Å². The number of benzene rings is 2. The molecule has 0 spiro atoms. The summed E-state index contributed by atoms with van der Waals surface area (Å²) in [6.07, 6.45) is 2.53. The number of aromatic nitrogens is 1. The number of anilines is 1. The van der Waals surface area contributed by atoms with Crippen LogP contribution in [0.25, 0.3) is 10.9 Å². The highest BCUT2D eigenvalue weighted by Crippen LogP contribution is 2.29. The summed E-state index contributed by atoms with van der Waals surface area (Å²) in [5, 5.41) is 3.95. The van der Waals surface area contributed by atoms with Crippen molar-refractivity contribution >= 4 is 22.5 Å². The minimum absolute atomic E-state index is 0.00409. The molecule has 0 radical (unpaired) electrons.